The van der Waals surface area contributed by atoms with Crippen LogP contribution >= 0.6 is 0 Å². The van der Waals surface area contributed by atoms with Crippen molar-refractivity contribution < 1.29 is 28.8 Å². The third kappa shape index (κ3) is 8.89. The molecule has 0 radical (unpaired) electrons. The van der Waals surface area contributed by atoms with E-state index in [-0.39, 0.29) is 11.4 Å². The van der Waals surface area contributed by atoms with Crippen LogP contribution in [0.25, 0.3) is 0 Å². The number of non-ortho nitro benzene ring substituents is 1. The van der Waals surface area contributed by atoms with E-state index in [0.29, 0.717) is 5.56 Å². The highest BCUT2D eigenvalue weighted by atomic mass is 16.6. The van der Waals surface area contributed by atoms with Gasteiger partial charge in [0.2, 0.25) is 5.91 Å². The Labute approximate surface area is 175 Å². The van der Waals surface area contributed by atoms with Crippen molar-refractivity contribution in [3.63, 3.8) is 0 Å². The van der Waals surface area contributed by atoms with E-state index < -0.39 is 46.6 Å². The molecule has 2 N–H and O–H groups in total. The van der Waals surface area contributed by atoms with Gasteiger partial charge in [-0.25, -0.2) is 4.79 Å². The van der Waals surface area contributed by atoms with E-state index in [9.17, 15) is 24.5 Å². The number of nitrogens with one attached hydrogen (secondary N) is 2. The molecule has 1 aromatic carbocycles. The zero-order valence-corrected chi connectivity index (χ0v) is 18.3. The molecule has 0 heterocycles. The van der Waals surface area contributed by atoms with Crippen LogP contribution in [0.4, 0.5) is 16.2 Å². The first-order valence-electron chi connectivity index (χ1n) is 9.34. The lowest BCUT2D eigenvalue weighted by Gasteiger charge is -2.24. The minimum absolute atomic E-state index is 0.189. The lowest BCUT2D eigenvalue weighted by atomic mass is 10.1. The maximum absolute atomic E-state index is 12.8. The second-order valence-corrected chi connectivity index (χ2v) is 8.73. The highest BCUT2D eigenvalue weighted by Gasteiger charge is 2.29. The van der Waals surface area contributed by atoms with Gasteiger partial charge in [-0.05, 0) is 54.0 Å². The van der Waals surface area contributed by atoms with Crippen LogP contribution in [-0.4, -0.2) is 40.1 Å². The first-order valence-corrected chi connectivity index (χ1v) is 9.34. The van der Waals surface area contributed by atoms with E-state index in [1.165, 1.54) is 18.2 Å². The summed E-state index contributed by atoms with van der Waals surface area (Å²) in [5, 5.41) is 15.9. The number of ether oxygens (including phenoxy) is 2. The summed E-state index contributed by atoms with van der Waals surface area (Å²) in [7, 11) is 0. The van der Waals surface area contributed by atoms with Gasteiger partial charge in [-0.1, -0.05) is 6.07 Å². The molecule has 0 aliphatic carbocycles. The van der Waals surface area contributed by atoms with Gasteiger partial charge in [-0.2, -0.15) is 0 Å². The molecule has 1 atom stereocenters. The third-order valence-corrected chi connectivity index (χ3v) is 3.49. The van der Waals surface area contributed by atoms with Crippen molar-refractivity contribution in [3.8, 4) is 0 Å². The molecule has 0 bridgehead atoms. The fourth-order valence-corrected chi connectivity index (χ4v) is 2.29. The maximum Gasteiger partial charge on any atom is 0.408 e. The number of hydrogen-bond acceptors (Lipinski definition) is 7. The molecule has 0 aliphatic rings. The van der Waals surface area contributed by atoms with Crippen molar-refractivity contribution in [2.75, 3.05) is 5.32 Å². The average Bonchev–Trinajstić information content (AvgIpc) is 2.52. The Kier molecular flexibility index (Phi) is 7.92. The van der Waals surface area contributed by atoms with Gasteiger partial charge in [0, 0.05) is 12.1 Å². The Morgan fingerprint density at radius 3 is 2.13 bits per heavy atom. The number of carbonyl (C=O) groups excluding carboxylic acids is 3. The van der Waals surface area contributed by atoms with Gasteiger partial charge < -0.3 is 20.1 Å². The molecule has 0 spiro atoms. The Morgan fingerprint density at radius 1 is 1.07 bits per heavy atom. The number of nitro groups is 1. The highest BCUT2D eigenvalue weighted by molar-refractivity contribution is 5.99. The molecule has 30 heavy (non-hydrogen) atoms. The van der Waals surface area contributed by atoms with Crippen molar-refractivity contribution in [1.82, 2.24) is 5.32 Å². The molecule has 0 fully saturated rings. The van der Waals surface area contributed by atoms with Crippen LogP contribution < -0.4 is 10.6 Å². The van der Waals surface area contributed by atoms with Crippen LogP contribution in [-0.2, 0) is 19.1 Å². The number of anilines is 1. The minimum Gasteiger partial charge on any atom is -0.460 e. The molecule has 2 amide bonds. The smallest absolute Gasteiger partial charge is 0.408 e. The molecule has 0 saturated carbocycles. The molecule has 0 aromatic heterocycles. The first-order chi connectivity index (χ1) is 13.6. The number of aryl methyl sites for hydroxylation is 1. The summed E-state index contributed by atoms with van der Waals surface area (Å²) in [4.78, 5) is 47.6. The zero-order valence-electron chi connectivity index (χ0n) is 18.3. The number of carbonyl (C=O) groups is 3. The summed E-state index contributed by atoms with van der Waals surface area (Å²) in [6.07, 6.45) is -1.34. The Morgan fingerprint density at radius 2 is 1.63 bits per heavy atom. The first kappa shape index (κ1) is 24.9. The average molecular weight is 423 g/mol. The summed E-state index contributed by atoms with van der Waals surface area (Å²) in [6, 6.07) is 2.68. The lowest BCUT2D eigenvalue weighted by molar-refractivity contribution is -0.384. The minimum atomic E-state index is -1.31. The number of alkyl carbamates (subject to hydrolysis) is 1. The van der Waals surface area contributed by atoms with Crippen molar-refractivity contribution in [1.29, 1.82) is 0 Å². The Hall–Kier alpha value is -3.17. The Bertz CT molecular complexity index is 793. The lowest BCUT2D eigenvalue weighted by Crippen LogP contribution is -2.47. The molecule has 0 unspecified atom stereocenters. The molecule has 1 rings (SSSR count). The van der Waals surface area contributed by atoms with E-state index in [0.717, 1.165) is 0 Å². The van der Waals surface area contributed by atoms with Gasteiger partial charge >= 0.3 is 12.1 Å². The fraction of sp³-hybridized carbons (Fsp3) is 0.550. The number of amides is 2. The van der Waals surface area contributed by atoms with E-state index in [4.69, 9.17) is 9.47 Å². The topological polar surface area (TPSA) is 137 Å². The van der Waals surface area contributed by atoms with Crippen LogP contribution in [0.1, 0.15) is 53.5 Å². The van der Waals surface area contributed by atoms with Crippen LogP contribution in [0.2, 0.25) is 0 Å². The highest BCUT2D eigenvalue weighted by Crippen LogP contribution is 2.22. The second-order valence-electron chi connectivity index (χ2n) is 8.73. The molecule has 10 nitrogen and oxygen atoms in total. The number of benzene rings is 1. The predicted octanol–water partition coefficient (Wildman–Crippen LogP) is 3.47. The molecule has 1 aromatic rings. The van der Waals surface area contributed by atoms with Gasteiger partial charge in [-0.15, -0.1) is 0 Å². The van der Waals surface area contributed by atoms with Gasteiger partial charge in [0.25, 0.3) is 5.69 Å². The third-order valence-electron chi connectivity index (χ3n) is 3.49. The van der Waals surface area contributed by atoms with Crippen LogP contribution in [0.5, 0.6) is 0 Å². The van der Waals surface area contributed by atoms with Gasteiger partial charge in [0.05, 0.1) is 17.0 Å². The quantitative estimate of drug-likeness (QED) is 0.406. The van der Waals surface area contributed by atoms with E-state index >= 15 is 0 Å². The van der Waals surface area contributed by atoms with Crippen LogP contribution in [0.3, 0.4) is 0 Å². The normalized spacial score (nSPS) is 12.5. The van der Waals surface area contributed by atoms with Crippen LogP contribution in [0.15, 0.2) is 18.2 Å². The van der Waals surface area contributed by atoms with Crippen molar-refractivity contribution in [3.05, 3.63) is 33.9 Å². The summed E-state index contributed by atoms with van der Waals surface area (Å²) in [5.74, 6) is -1.44. The number of rotatable bonds is 6. The molecule has 0 aliphatic heterocycles. The second kappa shape index (κ2) is 9.55. The number of hydrogen-bond donors (Lipinski definition) is 2. The molecular weight excluding hydrogens is 394 g/mol. The van der Waals surface area contributed by atoms with Gasteiger partial charge in [-0.3, -0.25) is 19.7 Å². The maximum atomic E-state index is 12.8. The largest absolute Gasteiger partial charge is 0.460 e. The van der Waals surface area contributed by atoms with Gasteiger partial charge in [0.15, 0.2) is 0 Å². The van der Waals surface area contributed by atoms with Crippen LogP contribution in [0, 0.1) is 17.0 Å². The Balaban J connectivity index is 3.06. The molecule has 0 saturated heterocycles. The standard InChI is InChI=1S/C20H29N3O7/c1-12-8-9-13(23(27)28)10-14(12)21-17(25)15(11-16(24)29-19(2,3)4)22-18(26)30-20(5,6)7/h8-10,15H,11H2,1-7H3,(H,21,25)(H,22,26)/t15-/m1/s1. The number of nitrogens with zero attached hydrogens (tertiary/aromatic N) is 1. The monoisotopic (exact) mass is 423 g/mol. The number of nitro benzene ring substituents is 1. The molecule has 166 valence electrons. The summed E-state index contributed by atoms with van der Waals surface area (Å²) >= 11 is 0. The SMILES string of the molecule is Cc1ccc([N+](=O)[O-])cc1NC(=O)[C@@H](CC(=O)OC(C)(C)C)NC(=O)OC(C)(C)C. The van der Waals surface area contributed by atoms with Crippen molar-refractivity contribution in [2.45, 2.75) is 72.1 Å². The predicted molar refractivity (Wildman–Crippen MR) is 110 cm³/mol. The zero-order chi connectivity index (χ0) is 23.3. The molecule has 10 heteroatoms. The van der Waals surface area contributed by atoms with Gasteiger partial charge in [0.1, 0.15) is 17.2 Å². The fourth-order valence-electron chi connectivity index (χ4n) is 2.29. The number of esters is 1. The van der Waals surface area contributed by atoms with E-state index in [1.54, 1.807) is 48.5 Å². The summed E-state index contributed by atoms with van der Waals surface area (Å²) in [6.45, 7) is 11.6. The summed E-state index contributed by atoms with van der Waals surface area (Å²) in [5.41, 5.74) is -1.04. The van der Waals surface area contributed by atoms with E-state index in [2.05, 4.69) is 10.6 Å². The van der Waals surface area contributed by atoms with Crippen molar-refractivity contribution >= 4 is 29.3 Å². The van der Waals surface area contributed by atoms with Crippen molar-refractivity contribution in [2.24, 2.45) is 0 Å². The summed E-state index contributed by atoms with van der Waals surface area (Å²) < 4.78 is 10.4. The molecular formula is C20H29N3O7. The van der Waals surface area contributed by atoms with E-state index in [1.807, 2.05) is 0 Å².